The zero-order chi connectivity index (χ0) is 12.6. The van der Waals surface area contributed by atoms with Crippen molar-refractivity contribution in [3.63, 3.8) is 0 Å². The standard InChI is InChI=1S/C15H20O2/c1-10(2)15(3,14(16)17)13-8-6-12(7-9-13)11-4-5-11/h6-11H,4-5H2,1-3H3,(H,16,17). The van der Waals surface area contributed by atoms with E-state index in [4.69, 9.17) is 0 Å². The van der Waals surface area contributed by atoms with Gasteiger partial charge < -0.3 is 5.11 Å². The number of hydrogen-bond donors (Lipinski definition) is 1. The average Bonchev–Trinajstić information content (AvgIpc) is 3.11. The predicted octanol–water partition coefficient (Wildman–Crippen LogP) is 3.56. The minimum atomic E-state index is -0.790. The number of hydrogen-bond acceptors (Lipinski definition) is 1. The van der Waals surface area contributed by atoms with Gasteiger partial charge in [-0.05, 0) is 42.7 Å². The average molecular weight is 232 g/mol. The molecule has 1 aliphatic carbocycles. The maximum absolute atomic E-state index is 11.5. The maximum Gasteiger partial charge on any atom is 0.314 e. The van der Waals surface area contributed by atoms with Crippen molar-refractivity contribution in [2.45, 2.75) is 44.9 Å². The molecule has 0 aliphatic heterocycles. The molecule has 1 unspecified atom stereocenters. The summed E-state index contributed by atoms with van der Waals surface area (Å²) >= 11 is 0. The summed E-state index contributed by atoms with van der Waals surface area (Å²) in [6.07, 6.45) is 2.56. The highest BCUT2D eigenvalue weighted by Gasteiger charge is 2.38. The van der Waals surface area contributed by atoms with Crippen LogP contribution in [0.4, 0.5) is 0 Å². The van der Waals surface area contributed by atoms with Crippen molar-refractivity contribution in [2.24, 2.45) is 5.92 Å². The summed E-state index contributed by atoms with van der Waals surface area (Å²) in [7, 11) is 0. The normalized spacial score (nSPS) is 19.1. The first-order chi connectivity index (χ1) is 7.96. The molecule has 2 nitrogen and oxygen atoms in total. The van der Waals surface area contributed by atoms with Crippen LogP contribution in [0.3, 0.4) is 0 Å². The van der Waals surface area contributed by atoms with Crippen molar-refractivity contribution in [2.75, 3.05) is 0 Å². The summed E-state index contributed by atoms with van der Waals surface area (Å²) in [5.74, 6) is 0.0534. The van der Waals surface area contributed by atoms with Crippen molar-refractivity contribution >= 4 is 5.97 Å². The Balaban J connectivity index is 2.33. The summed E-state index contributed by atoms with van der Waals surface area (Å²) in [4.78, 5) is 11.5. The van der Waals surface area contributed by atoms with E-state index < -0.39 is 11.4 Å². The molecule has 17 heavy (non-hydrogen) atoms. The topological polar surface area (TPSA) is 37.3 Å². The van der Waals surface area contributed by atoms with Crippen molar-refractivity contribution in [1.29, 1.82) is 0 Å². The Hall–Kier alpha value is -1.31. The molecule has 1 aromatic rings. The minimum Gasteiger partial charge on any atom is -0.481 e. The minimum absolute atomic E-state index is 0.0757. The first-order valence-corrected chi connectivity index (χ1v) is 6.30. The highest BCUT2D eigenvalue weighted by molar-refractivity contribution is 5.81. The van der Waals surface area contributed by atoms with Crippen molar-refractivity contribution < 1.29 is 9.90 Å². The molecule has 0 amide bonds. The van der Waals surface area contributed by atoms with Crippen LogP contribution >= 0.6 is 0 Å². The van der Waals surface area contributed by atoms with Gasteiger partial charge >= 0.3 is 5.97 Å². The van der Waals surface area contributed by atoms with E-state index in [1.165, 1.54) is 18.4 Å². The van der Waals surface area contributed by atoms with Gasteiger partial charge in [-0.3, -0.25) is 4.79 Å². The number of carbonyl (C=O) groups is 1. The number of benzene rings is 1. The number of aliphatic carboxylic acids is 1. The Morgan fingerprint density at radius 3 is 2.18 bits per heavy atom. The third-order valence-electron chi connectivity index (χ3n) is 4.16. The second-order valence-electron chi connectivity index (χ2n) is 5.56. The van der Waals surface area contributed by atoms with Crippen LogP contribution in [0.2, 0.25) is 0 Å². The summed E-state index contributed by atoms with van der Waals surface area (Å²) in [5, 5.41) is 9.45. The molecule has 1 aromatic carbocycles. The molecule has 92 valence electrons. The van der Waals surface area contributed by atoms with Gasteiger partial charge in [0.2, 0.25) is 0 Å². The summed E-state index contributed by atoms with van der Waals surface area (Å²) < 4.78 is 0. The van der Waals surface area contributed by atoms with E-state index in [1.807, 2.05) is 32.9 Å². The molecule has 0 saturated heterocycles. The molecule has 1 aliphatic rings. The lowest BCUT2D eigenvalue weighted by molar-refractivity contribution is -0.145. The van der Waals surface area contributed by atoms with E-state index in [-0.39, 0.29) is 5.92 Å². The molecule has 2 rings (SSSR count). The number of carboxylic acid groups (broad SMARTS) is 1. The fourth-order valence-corrected chi connectivity index (χ4v) is 2.22. The number of rotatable bonds is 4. The molecule has 2 heteroatoms. The van der Waals surface area contributed by atoms with Gasteiger partial charge in [0.05, 0.1) is 5.41 Å². The third-order valence-corrected chi connectivity index (χ3v) is 4.16. The SMILES string of the molecule is CC(C)C(C)(C(=O)O)c1ccc(C2CC2)cc1. The van der Waals surface area contributed by atoms with Gasteiger partial charge in [-0.25, -0.2) is 0 Å². The van der Waals surface area contributed by atoms with E-state index in [0.29, 0.717) is 0 Å². The van der Waals surface area contributed by atoms with E-state index in [0.717, 1.165) is 11.5 Å². The fourth-order valence-electron chi connectivity index (χ4n) is 2.22. The molecule has 0 heterocycles. The second kappa shape index (κ2) is 4.17. The summed E-state index contributed by atoms with van der Waals surface area (Å²) in [6.45, 7) is 5.73. The van der Waals surface area contributed by atoms with Gasteiger partial charge in [0.15, 0.2) is 0 Å². The van der Waals surface area contributed by atoms with E-state index in [9.17, 15) is 9.90 Å². The first-order valence-electron chi connectivity index (χ1n) is 6.30. The third kappa shape index (κ3) is 2.08. The van der Waals surface area contributed by atoms with Crippen LogP contribution in [0.5, 0.6) is 0 Å². The van der Waals surface area contributed by atoms with E-state index in [1.54, 1.807) is 0 Å². The largest absolute Gasteiger partial charge is 0.481 e. The smallest absolute Gasteiger partial charge is 0.314 e. The Morgan fingerprint density at radius 2 is 1.82 bits per heavy atom. The van der Waals surface area contributed by atoms with Crippen molar-refractivity contribution in [3.8, 4) is 0 Å². The lowest BCUT2D eigenvalue weighted by atomic mass is 9.73. The zero-order valence-corrected chi connectivity index (χ0v) is 10.7. The predicted molar refractivity (Wildman–Crippen MR) is 68.2 cm³/mol. The van der Waals surface area contributed by atoms with Gasteiger partial charge in [0, 0.05) is 0 Å². The van der Waals surface area contributed by atoms with Gasteiger partial charge in [0.25, 0.3) is 0 Å². The molecule has 1 fully saturated rings. The fraction of sp³-hybridized carbons (Fsp3) is 0.533. The molecule has 0 aromatic heterocycles. The van der Waals surface area contributed by atoms with Crippen molar-refractivity contribution in [1.82, 2.24) is 0 Å². The summed E-state index contributed by atoms with van der Waals surface area (Å²) in [6, 6.07) is 8.16. The van der Waals surface area contributed by atoms with Gasteiger partial charge in [-0.15, -0.1) is 0 Å². The summed E-state index contributed by atoms with van der Waals surface area (Å²) in [5.41, 5.74) is 1.47. The lowest BCUT2D eigenvalue weighted by Crippen LogP contribution is -2.37. The van der Waals surface area contributed by atoms with Crippen LogP contribution in [0, 0.1) is 5.92 Å². The first kappa shape index (κ1) is 12.2. The number of carboxylic acids is 1. The highest BCUT2D eigenvalue weighted by Crippen LogP contribution is 2.41. The van der Waals surface area contributed by atoms with Crippen LogP contribution in [-0.2, 0) is 10.2 Å². The van der Waals surface area contributed by atoms with Gasteiger partial charge in [0.1, 0.15) is 0 Å². The quantitative estimate of drug-likeness (QED) is 0.861. The van der Waals surface area contributed by atoms with Crippen LogP contribution in [-0.4, -0.2) is 11.1 Å². The van der Waals surface area contributed by atoms with Crippen LogP contribution in [0.1, 0.15) is 50.7 Å². The van der Waals surface area contributed by atoms with Gasteiger partial charge in [-0.2, -0.15) is 0 Å². The van der Waals surface area contributed by atoms with Crippen LogP contribution < -0.4 is 0 Å². The maximum atomic E-state index is 11.5. The van der Waals surface area contributed by atoms with Crippen molar-refractivity contribution in [3.05, 3.63) is 35.4 Å². The Bertz CT molecular complexity index is 415. The Morgan fingerprint density at radius 1 is 1.29 bits per heavy atom. The Labute approximate surface area is 103 Å². The zero-order valence-electron chi connectivity index (χ0n) is 10.7. The Kier molecular flexibility index (Phi) is 2.98. The molecule has 1 saturated carbocycles. The molecule has 0 radical (unpaired) electrons. The highest BCUT2D eigenvalue weighted by atomic mass is 16.4. The monoisotopic (exact) mass is 232 g/mol. The lowest BCUT2D eigenvalue weighted by Gasteiger charge is -2.29. The molecule has 0 spiro atoms. The van der Waals surface area contributed by atoms with Crippen LogP contribution in [0.15, 0.2) is 24.3 Å². The van der Waals surface area contributed by atoms with E-state index in [2.05, 4.69) is 12.1 Å². The second-order valence-corrected chi connectivity index (χ2v) is 5.56. The molecular formula is C15H20O2. The van der Waals surface area contributed by atoms with Gasteiger partial charge in [-0.1, -0.05) is 38.1 Å². The molecule has 1 atom stereocenters. The van der Waals surface area contributed by atoms with E-state index >= 15 is 0 Å². The van der Waals surface area contributed by atoms with Crippen LogP contribution in [0.25, 0.3) is 0 Å². The molecular weight excluding hydrogens is 212 g/mol. The molecule has 1 N–H and O–H groups in total. The molecule has 0 bridgehead atoms.